The average Bonchev–Trinajstić information content (AvgIpc) is 3.08. The SMILES string of the molecule is CCOC(=O)C1CCCN(C2=NC(=O)C(=Cc3ccc(OC)c(OC)c3)S2)C1. The predicted octanol–water partition coefficient (Wildman–Crippen LogP) is 2.95. The van der Waals surface area contributed by atoms with Gasteiger partial charge >= 0.3 is 5.97 Å². The summed E-state index contributed by atoms with van der Waals surface area (Å²) in [5.74, 6) is 0.606. The minimum absolute atomic E-state index is 0.175. The van der Waals surface area contributed by atoms with Crippen molar-refractivity contribution in [3.05, 3.63) is 28.7 Å². The van der Waals surface area contributed by atoms with Gasteiger partial charge in [-0.3, -0.25) is 9.59 Å². The zero-order chi connectivity index (χ0) is 20.1. The molecule has 1 amide bonds. The molecule has 28 heavy (non-hydrogen) atoms. The number of carbonyl (C=O) groups excluding carboxylic acids is 2. The number of amides is 1. The molecule has 1 aromatic rings. The number of methoxy groups -OCH3 is 2. The van der Waals surface area contributed by atoms with E-state index in [1.165, 1.54) is 11.8 Å². The summed E-state index contributed by atoms with van der Waals surface area (Å²) in [6.45, 7) is 3.49. The third-order valence-electron chi connectivity index (χ3n) is 4.63. The van der Waals surface area contributed by atoms with E-state index in [1.807, 2.05) is 17.0 Å². The van der Waals surface area contributed by atoms with E-state index in [-0.39, 0.29) is 17.8 Å². The van der Waals surface area contributed by atoms with Crippen LogP contribution in [0.15, 0.2) is 28.1 Å². The van der Waals surface area contributed by atoms with Crippen molar-refractivity contribution in [2.75, 3.05) is 33.9 Å². The number of nitrogens with zero attached hydrogens (tertiary/aromatic N) is 2. The first kappa shape index (κ1) is 20.3. The molecule has 3 rings (SSSR count). The summed E-state index contributed by atoms with van der Waals surface area (Å²) in [5.41, 5.74) is 0.827. The lowest BCUT2D eigenvalue weighted by Crippen LogP contribution is -2.41. The Labute approximate surface area is 168 Å². The molecule has 1 aromatic carbocycles. The number of aliphatic imine (C=N–C) groups is 1. The van der Waals surface area contributed by atoms with Crippen LogP contribution in [0.25, 0.3) is 6.08 Å². The number of piperidine rings is 1. The van der Waals surface area contributed by atoms with Crippen LogP contribution in [0.2, 0.25) is 0 Å². The monoisotopic (exact) mass is 404 g/mol. The van der Waals surface area contributed by atoms with Crippen LogP contribution in [0.4, 0.5) is 0 Å². The lowest BCUT2D eigenvalue weighted by molar-refractivity contribution is -0.149. The number of esters is 1. The van der Waals surface area contributed by atoms with E-state index in [2.05, 4.69) is 4.99 Å². The van der Waals surface area contributed by atoms with Crippen LogP contribution in [-0.4, -0.2) is 55.9 Å². The van der Waals surface area contributed by atoms with E-state index in [4.69, 9.17) is 14.2 Å². The van der Waals surface area contributed by atoms with Gasteiger partial charge in [0.15, 0.2) is 16.7 Å². The maximum atomic E-state index is 12.4. The van der Waals surface area contributed by atoms with Crippen LogP contribution in [0.3, 0.4) is 0 Å². The van der Waals surface area contributed by atoms with Gasteiger partial charge in [0.25, 0.3) is 5.91 Å². The van der Waals surface area contributed by atoms with Gasteiger partial charge in [-0.25, -0.2) is 0 Å². The number of rotatable bonds is 5. The molecule has 2 aliphatic rings. The summed E-state index contributed by atoms with van der Waals surface area (Å²) in [6, 6.07) is 5.47. The van der Waals surface area contributed by atoms with Gasteiger partial charge in [0.05, 0.1) is 31.6 Å². The highest BCUT2D eigenvalue weighted by atomic mass is 32.2. The fraction of sp³-hybridized carbons (Fsp3) is 0.450. The van der Waals surface area contributed by atoms with Gasteiger partial charge in [-0.1, -0.05) is 6.07 Å². The average molecular weight is 404 g/mol. The molecule has 0 aromatic heterocycles. The van der Waals surface area contributed by atoms with E-state index in [1.54, 1.807) is 33.3 Å². The van der Waals surface area contributed by atoms with Crippen molar-refractivity contribution in [2.24, 2.45) is 10.9 Å². The van der Waals surface area contributed by atoms with Crippen LogP contribution in [-0.2, 0) is 14.3 Å². The third kappa shape index (κ3) is 4.49. The molecule has 0 spiro atoms. The first-order valence-corrected chi connectivity index (χ1v) is 10.0. The van der Waals surface area contributed by atoms with E-state index < -0.39 is 0 Å². The summed E-state index contributed by atoms with van der Waals surface area (Å²) >= 11 is 1.33. The molecule has 150 valence electrons. The lowest BCUT2D eigenvalue weighted by Gasteiger charge is -2.32. The van der Waals surface area contributed by atoms with Crippen molar-refractivity contribution >= 4 is 34.9 Å². The van der Waals surface area contributed by atoms with E-state index in [9.17, 15) is 9.59 Å². The summed E-state index contributed by atoms with van der Waals surface area (Å²) in [7, 11) is 3.15. The molecule has 0 bridgehead atoms. The Morgan fingerprint density at radius 2 is 2.11 bits per heavy atom. The second-order valence-corrected chi connectivity index (χ2v) is 7.47. The molecule has 0 aliphatic carbocycles. The highest BCUT2D eigenvalue weighted by Gasteiger charge is 2.32. The topological polar surface area (TPSA) is 77.4 Å². The van der Waals surface area contributed by atoms with Crippen molar-refractivity contribution in [3.8, 4) is 11.5 Å². The van der Waals surface area contributed by atoms with Crippen LogP contribution in [0, 0.1) is 5.92 Å². The van der Waals surface area contributed by atoms with Crippen LogP contribution in [0.1, 0.15) is 25.3 Å². The number of hydrogen-bond donors (Lipinski definition) is 0. The minimum Gasteiger partial charge on any atom is -0.493 e. The van der Waals surface area contributed by atoms with Gasteiger partial charge in [0.2, 0.25) is 0 Å². The number of hydrogen-bond acceptors (Lipinski definition) is 7. The molecule has 8 heteroatoms. The second-order valence-electron chi connectivity index (χ2n) is 6.46. The van der Waals surface area contributed by atoms with Crippen molar-refractivity contribution in [3.63, 3.8) is 0 Å². The van der Waals surface area contributed by atoms with Crippen LogP contribution < -0.4 is 9.47 Å². The number of thioether (sulfide) groups is 1. The molecule has 2 aliphatic heterocycles. The molecular weight excluding hydrogens is 380 g/mol. The molecule has 1 unspecified atom stereocenters. The molecule has 1 saturated heterocycles. The van der Waals surface area contributed by atoms with Crippen molar-refractivity contribution < 1.29 is 23.8 Å². The fourth-order valence-corrected chi connectivity index (χ4v) is 4.18. The molecule has 1 atom stereocenters. The molecule has 0 radical (unpaired) electrons. The first-order valence-electron chi connectivity index (χ1n) is 9.21. The minimum atomic E-state index is -0.270. The van der Waals surface area contributed by atoms with Gasteiger partial charge < -0.3 is 19.1 Å². The lowest BCUT2D eigenvalue weighted by atomic mass is 9.99. The quantitative estimate of drug-likeness (QED) is 0.551. The highest BCUT2D eigenvalue weighted by molar-refractivity contribution is 8.18. The standard InChI is InChI=1S/C20H24N2O5S/c1-4-27-19(24)14-6-5-9-22(12-14)20-21-18(23)17(28-20)11-13-7-8-15(25-2)16(10-13)26-3/h7-8,10-11,14H,4-6,9,12H2,1-3H3. The summed E-state index contributed by atoms with van der Waals surface area (Å²) in [6.07, 6.45) is 3.46. The first-order chi connectivity index (χ1) is 13.5. The Morgan fingerprint density at radius 1 is 1.32 bits per heavy atom. The third-order valence-corrected chi connectivity index (χ3v) is 5.67. The summed E-state index contributed by atoms with van der Waals surface area (Å²) < 4.78 is 15.7. The maximum Gasteiger partial charge on any atom is 0.310 e. The Morgan fingerprint density at radius 3 is 2.82 bits per heavy atom. The Bertz CT molecular complexity index is 821. The summed E-state index contributed by atoms with van der Waals surface area (Å²) in [5, 5.41) is 0.644. The number of carbonyl (C=O) groups is 2. The van der Waals surface area contributed by atoms with E-state index >= 15 is 0 Å². The predicted molar refractivity (Wildman–Crippen MR) is 108 cm³/mol. The molecule has 1 fully saturated rings. The second kappa shape index (κ2) is 9.14. The smallest absolute Gasteiger partial charge is 0.310 e. The van der Waals surface area contributed by atoms with Gasteiger partial charge in [-0.2, -0.15) is 4.99 Å². The van der Waals surface area contributed by atoms with Gasteiger partial charge in [-0.15, -0.1) is 0 Å². The molecule has 0 saturated carbocycles. The van der Waals surface area contributed by atoms with Crippen molar-refractivity contribution in [1.82, 2.24) is 4.90 Å². The normalized spacial score (nSPS) is 20.9. The largest absolute Gasteiger partial charge is 0.493 e. The van der Waals surface area contributed by atoms with E-state index in [0.29, 0.717) is 34.7 Å². The number of benzene rings is 1. The Balaban J connectivity index is 1.71. The van der Waals surface area contributed by atoms with Gasteiger partial charge in [0, 0.05) is 13.1 Å². The summed E-state index contributed by atoms with van der Waals surface area (Å²) in [4.78, 5) is 31.2. The molecule has 2 heterocycles. The Hall–Kier alpha value is -2.48. The van der Waals surface area contributed by atoms with Crippen molar-refractivity contribution in [2.45, 2.75) is 19.8 Å². The molecule has 7 nitrogen and oxygen atoms in total. The van der Waals surface area contributed by atoms with Gasteiger partial charge in [-0.05, 0) is 55.3 Å². The van der Waals surface area contributed by atoms with Crippen molar-refractivity contribution in [1.29, 1.82) is 0 Å². The number of likely N-dealkylation sites (tertiary alicyclic amines) is 1. The molecular formula is C20H24N2O5S. The van der Waals surface area contributed by atoms with E-state index in [0.717, 1.165) is 24.9 Å². The van der Waals surface area contributed by atoms with Crippen LogP contribution in [0.5, 0.6) is 11.5 Å². The zero-order valence-electron chi connectivity index (χ0n) is 16.3. The Kier molecular flexibility index (Phi) is 6.61. The van der Waals surface area contributed by atoms with Gasteiger partial charge in [0.1, 0.15) is 0 Å². The maximum absolute atomic E-state index is 12.4. The van der Waals surface area contributed by atoms with Crippen LogP contribution >= 0.6 is 11.8 Å². The zero-order valence-corrected chi connectivity index (χ0v) is 17.1. The number of amidine groups is 1. The molecule has 0 N–H and O–H groups in total. The fourth-order valence-electron chi connectivity index (χ4n) is 3.23. The highest BCUT2D eigenvalue weighted by Crippen LogP contribution is 2.34. The number of ether oxygens (including phenoxy) is 3.